The van der Waals surface area contributed by atoms with Crippen LogP contribution in [0.4, 0.5) is 0 Å². The van der Waals surface area contributed by atoms with Gasteiger partial charge in [-0.05, 0) is 48.7 Å². The van der Waals surface area contributed by atoms with Gasteiger partial charge in [0.05, 0.1) is 12.6 Å². The quantitative estimate of drug-likeness (QED) is 0.643. The van der Waals surface area contributed by atoms with Gasteiger partial charge in [-0.3, -0.25) is 0 Å². The van der Waals surface area contributed by atoms with E-state index >= 15 is 0 Å². The van der Waals surface area contributed by atoms with Gasteiger partial charge in [0.25, 0.3) is 0 Å². The van der Waals surface area contributed by atoms with E-state index in [0.29, 0.717) is 0 Å². The SMILES string of the molecule is COc1ccc2[nH]c3c(c2c1)CCNC31CCN(CCSc2ccccc2)C1. The maximum Gasteiger partial charge on any atom is 0.119 e. The zero-order valence-corrected chi connectivity index (χ0v) is 17.1. The van der Waals surface area contributed by atoms with E-state index in [1.54, 1.807) is 7.11 Å². The number of hydrogen-bond acceptors (Lipinski definition) is 4. The summed E-state index contributed by atoms with van der Waals surface area (Å²) in [4.78, 5) is 7.73. The lowest BCUT2D eigenvalue weighted by atomic mass is 9.86. The van der Waals surface area contributed by atoms with E-state index in [1.165, 1.54) is 33.5 Å². The van der Waals surface area contributed by atoms with Gasteiger partial charge < -0.3 is 19.9 Å². The lowest BCUT2D eigenvalue weighted by Gasteiger charge is -2.35. The highest BCUT2D eigenvalue weighted by Crippen LogP contribution is 2.40. The molecule has 2 aliphatic heterocycles. The second kappa shape index (κ2) is 7.47. The number of nitrogens with zero attached hydrogens (tertiary/aromatic N) is 1. The van der Waals surface area contributed by atoms with Crippen LogP contribution in [0.5, 0.6) is 5.75 Å². The topological polar surface area (TPSA) is 40.3 Å². The number of nitrogens with one attached hydrogen (secondary N) is 2. The van der Waals surface area contributed by atoms with Crippen molar-refractivity contribution in [2.75, 3.05) is 39.0 Å². The molecule has 3 heterocycles. The monoisotopic (exact) mass is 393 g/mol. The fraction of sp³-hybridized carbons (Fsp3) is 0.391. The molecular formula is C23H27N3OS. The number of likely N-dealkylation sites (tertiary alicyclic amines) is 1. The van der Waals surface area contributed by atoms with E-state index in [4.69, 9.17) is 4.74 Å². The number of H-pyrrole nitrogens is 1. The Labute approximate surface area is 170 Å². The van der Waals surface area contributed by atoms with Crippen molar-refractivity contribution in [1.29, 1.82) is 0 Å². The average Bonchev–Trinajstić information content (AvgIpc) is 3.31. The minimum atomic E-state index is 0.0667. The number of aromatic amines is 1. The number of fused-ring (bicyclic) bond motifs is 4. The summed E-state index contributed by atoms with van der Waals surface area (Å²) in [6.45, 7) is 4.41. The highest BCUT2D eigenvalue weighted by Gasteiger charge is 2.43. The summed E-state index contributed by atoms with van der Waals surface area (Å²) in [5, 5.41) is 5.19. The molecule has 2 N–H and O–H groups in total. The molecule has 0 aliphatic carbocycles. The molecule has 1 spiro atoms. The Morgan fingerprint density at radius 2 is 2.07 bits per heavy atom. The minimum absolute atomic E-state index is 0.0667. The second-order valence-corrected chi connectivity index (χ2v) is 9.00. The third kappa shape index (κ3) is 3.21. The van der Waals surface area contributed by atoms with E-state index in [-0.39, 0.29) is 5.54 Å². The molecule has 146 valence electrons. The van der Waals surface area contributed by atoms with E-state index in [2.05, 4.69) is 57.7 Å². The molecular weight excluding hydrogens is 366 g/mol. The molecule has 4 nitrogen and oxygen atoms in total. The predicted octanol–water partition coefficient (Wildman–Crippen LogP) is 4.02. The number of rotatable bonds is 5. The molecule has 1 atom stereocenters. The van der Waals surface area contributed by atoms with Crippen LogP contribution in [0, 0.1) is 0 Å². The van der Waals surface area contributed by atoms with Gasteiger partial charge in [0.15, 0.2) is 0 Å². The normalized spacial score (nSPS) is 22.0. The molecule has 0 radical (unpaired) electrons. The van der Waals surface area contributed by atoms with Crippen LogP contribution in [0.25, 0.3) is 10.9 Å². The van der Waals surface area contributed by atoms with Crippen LogP contribution in [0.15, 0.2) is 53.4 Å². The molecule has 28 heavy (non-hydrogen) atoms. The van der Waals surface area contributed by atoms with Gasteiger partial charge in [0.1, 0.15) is 5.75 Å². The van der Waals surface area contributed by atoms with Gasteiger partial charge in [-0.2, -0.15) is 0 Å². The highest BCUT2D eigenvalue weighted by molar-refractivity contribution is 7.99. The van der Waals surface area contributed by atoms with Gasteiger partial charge in [-0.1, -0.05) is 18.2 Å². The number of thioether (sulfide) groups is 1. The summed E-state index contributed by atoms with van der Waals surface area (Å²) in [5.74, 6) is 2.07. The summed E-state index contributed by atoms with van der Waals surface area (Å²) in [6.07, 6.45) is 2.24. The number of ether oxygens (including phenoxy) is 1. The molecule has 1 aromatic heterocycles. The zero-order valence-electron chi connectivity index (χ0n) is 16.3. The van der Waals surface area contributed by atoms with Crippen LogP contribution >= 0.6 is 11.8 Å². The molecule has 0 amide bonds. The van der Waals surface area contributed by atoms with Crippen molar-refractivity contribution >= 4 is 22.7 Å². The van der Waals surface area contributed by atoms with Crippen molar-refractivity contribution in [3.05, 3.63) is 59.8 Å². The minimum Gasteiger partial charge on any atom is -0.497 e. The predicted molar refractivity (Wildman–Crippen MR) is 116 cm³/mol. The smallest absolute Gasteiger partial charge is 0.119 e. The first-order valence-corrected chi connectivity index (χ1v) is 11.1. The third-order valence-corrected chi connectivity index (χ3v) is 7.19. The Kier molecular flexibility index (Phi) is 4.83. The molecule has 3 aromatic rings. The second-order valence-electron chi connectivity index (χ2n) is 7.84. The van der Waals surface area contributed by atoms with E-state index in [0.717, 1.165) is 44.1 Å². The molecule has 2 aromatic carbocycles. The van der Waals surface area contributed by atoms with E-state index < -0.39 is 0 Å². The molecule has 5 rings (SSSR count). The maximum absolute atomic E-state index is 5.46. The Balaban J connectivity index is 1.33. The summed E-state index contributed by atoms with van der Waals surface area (Å²) in [7, 11) is 1.74. The molecule has 1 unspecified atom stereocenters. The van der Waals surface area contributed by atoms with E-state index in [9.17, 15) is 0 Å². The lowest BCUT2D eigenvalue weighted by molar-refractivity contribution is 0.280. The van der Waals surface area contributed by atoms with E-state index in [1.807, 2.05) is 17.8 Å². The van der Waals surface area contributed by atoms with Gasteiger partial charge in [-0.15, -0.1) is 11.8 Å². The van der Waals surface area contributed by atoms with Crippen molar-refractivity contribution in [3.63, 3.8) is 0 Å². The van der Waals surface area contributed by atoms with Crippen LogP contribution in [0.1, 0.15) is 17.7 Å². The van der Waals surface area contributed by atoms with Crippen molar-refractivity contribution in [1.82, 2.24) is 15.2 Å². The van der Waals surface area contributed by atoms with Gasteiger partial charge in [0, 0.05) is 53.4 Å². The molecule has 5 heteroatoms. The van der Waals surface area contributed by atoms with Crippen LogP contribution in [-0.2, 0) is 12.0 Å². The molecule has 0 bridgehead atoms. The summed E-state index contributed by atoms with van der Waals surface area (Å²) < 4.78 is 5.46. The van der Waals surface area contributed by atoms with Gasteiger partial charge in [-0.25, -0.2) is 0 Å². The third-order valence-electron chi connectivity index (χ3n) is 6.20. The number of benzene rings is 2. The molecule has 2 aliphatic rings. The maximum atomic E-state index is 5.46. The first-order valence-electron chi connectivity index (χ1n) is 10.1. The van der Waals surface area contributed by atoms with Crippen LogP contribution < -0.4 is 10.1 Å². The van der Waals surface area contributed by atoms with Gasteiger partial charge in [0.2, 0.25) is 0 Å². The standard InChI is InChI=1S/C23H27N3OS/c1-27-17-7-8-21-20(15-17)19-9-11-24-23(22(19)25-21)10-12-26(16-23)13-14-28-18-5-3-2-4-6-18/h2-8,15,24-25H,9-14,16H2,1H3. The van der Waals surface area contributed by atoms with Crippen molar-refractivity contribution < 1.29 is 4.74 Å². The molecule has 1 fully saturated rings. The largest absolute Gasteiger partial charge is 0.497 e. The Morgan fingerprint density at radius 1 is 1.18 bits per heavy atom. The first-order chi connectivity index (χ1) is 13.8. The lowest BCUT2D eigenvalue weighted by Crippen LogP contribution is -2.49. The molecule has 0 saturated carbocycles. The van der Waals surface area contributed by atoms with Crippen LogP contribution in [0.3, 0.4) is 0 Å². The fourth-order valence-corrected chi connectivity index (χ4v) is 5.71. The Morgan fingerprint density at radius 3 is 2.93 bits per heavy atom. The van der Waals surface area contributed by atoms with Gasteiger partial charge >= 0.3 is 0 Å². The van der Waals surface area contributed by atoms with Crippen LogP contribution in [0.2, 0.25) is 0 Å². The highest BCUT2D eigenvalue weighted by atomic mass is 32.2. The number of hydrogen-bond donors (Lipinski definition) is 2. The fourth-order valence-electron chi connectivity index (χ4n) is 4.77. The average molecular weight is 394 g/mol. The van der Waals surface area contributed by atoms with Crippen molar-refractivity contribution in [3.8, 4) is 5.75 Å². The Hall–Kier alpha value is -1.95. The number of methoxy groups -OCH3 is 1. The molecule has 1 saturated heterocycles. The van der Waals surface area contributed by atoms with Crippen molar-refractivity contribution in [2.24, 2.45) is 0 Å². The Bertz CT molecular complexity index is 971. The summed E-state index contributed by atoms with van der Waals surface area (Å²) >= 11 is 1.95. The number of aromatic nitrogens is 1. The summed E-state index contributed by atoms with van der Waals surface area (Å²) in [5.41, 5.74) is 4.18. The first kappa shape index (κ1) is 18.1. The van der Waals surface area contributed by atoms with Crippen LogP contribution in [-0.4, -0.2) is 48.9 Å². The summed E-state index contributed by atoms with van der Waals surface area (Å²) in [6, 6.07) is 17.1. The van der Waals surface area contributed by atoms with Crippen molar-refractivity contribution in [2.45, 2.75) is 23.3 Å². The zero-order chi connectivity index (χ0) is 19.0.